The van der Waals surface area contributed by atoms with Crippen LogP contribution in [0.15, 0.2) is 30.3 Å². The van der Waals surface area contributed by atoms with Gasteiger partial charge in [0, 0.05) is 13.1 Å². The van der Waals surface area contributed by atoms with E-state index in [0.717, 1.165) is 13.1 Å². The molecule has 0 bridgehead atoms. The first kappa shape index (κ1) is 11.6. The van der Waals surface area contributed by atoms with E-state index in [2.05, 4.69) is 36.2 Å². The van der Waals surface area contributed by atoms with Gasteiger partial charge >= 0.3 is 0 Å². The van der Waals surface area contributed by atoms with E-state index in [1.54, 1.807) is 0 Å². The first-order chi connectivity index (χ1) is 7.74. The van der Waals surface area contributed by atoms with E-state index in [0.29, 0.717) is 13.2 Å². The summed E-state index contributed by atoms with van der Waals surface area (Å²) in [7, 11) is 2.09. The Kier molecular flexibility index (Phi) is 3.59. The van der Waals surface area contributed by atoms with Gasteiger partial charge in [0.15, 0.2) is 0 Å². The van der Waals surface area contributed by atoms with Crippen molar-refractivity contribution < 1.29 is 9.84 Å². The van der Waals surface area contributed by atoms with Crippen LogP contribution in [0.25, 0.3) is 0 Å². The van der Waals surface area contributed by atoms with E-state index in [-0.39, 0.29) is 12.0 Å². The highest BCUT2D eigenvalue weighted by atomic mass is 16.5. The van der Waals surface area contributed by atoms with Crippen molar-refractivity contribution in [3.05, 3.63) is 35.9 Å². The summed E-state index contributed by atoms with van der Waals surface area (Å²) in [4.78, 5) is 2.24. The lowest BCUT2D eigenvalue weighted by Gasteiger charge is -2.42. The number of ether oxygens (including phenoxy) is 1. The van der Waals surface area contributed by atoms with Crippen LogP contribution in [0.2, 0.25) is 0 Å². The molecular formula is C13H19NO2. The summed E-state index contributed by atoms with van der Waals surface area (Å²) in [6, 6.07) is 10.4. The Morgan fingerprint density at radius 2 is 2.00 bits per heavy atom. The van der Waals surface area contributed by atoms with Crippen LogP contribution < -0.4 is 0 Å². The van der Waals surface area contributed by atoms with E-state index in [4.69, 9.17) is 4.74 Å². The summed E-state index contributed by atoms with van der Waals surface area (Å²) in [5, 5.41) is 9.34. The van der Waals surface area contributed by atoms with Crippen LogP contribution >= 0.6 is 0 Å². The van der Waals surface area contributed by atoms with Gasteiger partial charge in [0.25, 0.3) is 0 Å². The van der Waals surface area contributed by atoms with Gasteiger partial charge in [0.2, 0.25) is 0 Å². The van der Waals surface area contributed by atoms with Gasteiger partial charge in [-0.3, -0.25) is 0 Å². The van der Waals surface area contributed by atoms with Crippen LogP contribution in [0.1, 0.15) is 5.56 Å². The van der Waals surface area contributed by atoms with Crippen LogP contribution in [-0.4, -0.2) is 43.4 Å². The Morgan fingerprint density at radius 3 is 2.50 bits per heavy atom. The van der Waals surface area contributed by atoms with E-state index < -0.39 is 0 Å². The second-order valence-corrected chi connectivity index (χ2v) is 4.81. The second kappa shape index (κ2) is 4.95. The largest absolute Gasteiger partial charge is 0.396 e. The molecule has 1 aromatic carbocycles. The molecule has 1 aromatic rings. The molecule has 0 aromatic heterocycles. The molecule has 1 aliphatic heterocycles. The highest BCUT2D eigenvalue weighted by Crippen LogP contribution is 2.27. The summed E-state index contributed by atoms with van der Waals surface area (Å²) < 4.78 is 5.19. The molecule has 0 spiro atoms. The molecule has 1 N–H and O–H groups in total. The van der Waals surface area contributed by atoms with Crippen molar-refractivity contribution in [2.75, 3.05) is 33.4 Å². The average Bonchev–Trinajstić information content (AvgIpc) is 2.25. The lowest BCUT2D eigenvalue weighted by molar-refractivity contribution is -0.147. The number of aliphatic hydroxyl groups excluding tert-OH is 1. The normalized spacial score (nSPS) is 18.4. The molecule has 1 heterocycles. The van der Waals surface area contributed by atoms with Gasteiger partial charge in [0.05, 0.1) is 25.2 Å². The predicted molar refractivity (Wildman–Crippen MR) is 63.1 cm³/mol. The Morgan fingerprint density at radius 1 is 1.31 bits per heavy atom. The molecule has 3 nitrogen and oxygen atoms in total. The summed E-state index contributed by atoms with van der Waals surface area (Å²) in [5.41, 5.74) is 1.28. The van der Waals surface area contributed by atoms with Crippen molar-refractivity contribution in [3.8, 4) is 0 Å². The van der Waals surface area contributed by atoms with Crippen molar-refractivity contribution in [1.82, 2.24) is 4.90 Å². The molecule has 0 saturated carbocycles. The third-order valence-electron chi connectivity index (χ3n) is 3.05. The molecular weight excluding hydrogens is 202 g/mol. The molecule has 1 saturated heterocycles. The minimum atomic E-state index is -0.0243. The van der Waals surface area contributed by atoms with Gasteiger partial charge < -0.3 is 14.7 Å². The van der Waals surface area contributed by atoms with Gasteiger partial charge in [-0.05, 0) is 12.6 Å². The van der Waals surface area contributed by atoms with Crippen molar-refractivity contribution in [3.63, 3.8) is 0 Å². The molecule has 1 fully saturated rings. The fourth-order valence-electron chi connectivity index (χ4n) is 2.15. The Hall–Kier alpha value is -0.900. The number of benzene rings is 1. The Labute approximate surface area is 96.6 Å². The summed E-state index contributed by atoms with van der Waals surface area (Å²) in [5.74, 6) is 0. The first-order valence-corrected chi connectivity index (χ1v) is 5.65. The van der Waals surface area contributed by atoms with Crippen molar-refractivity contribution in [1.29, 1.82) is 0 Å². The van der Waals surface area contributed by atoms with E-state index in [1.165, 1.54) is 5.56 Å². The van der Waals surface area contributed by atoms with Crippen molar-refractivity contribution in [2.24, 2.45) is 5.41 Å². The minimum absolute atomic E-state index is 0.0243. The highest BCUT2D eigenvalue weighted by Gasteiger charge is 2.38. The number of hydrogen-bond donors (Lipinski definition) is 1. The third-order valence-corrected chi connectivity index (χ3v) is 3.05. The third kappa shape index (κ3) is 2.61. The van der Waals surface area contributed by atoms with E-state index in [9.17, 15) is 5.11 Å². The van der Waals surface area contributed by atoms with E-state index >= 15 is 0 Å². The molecule has 0 amide bonds. The molecule has 0 aliphatic carbocycles. The fraction of sp³-hybridized carbons (Fsp3) is 0.538. The SMILES string of the molecule is CN(Cc1ccccc1)CC1(CO)COC1. The zero-order valence-corrected chi connectivity index (χ0v) is 9.72. The summed E-state index contributed by atoms with van der Waals surface area (Å²) in [6.07, 6.45) is 0. The smallest absolute Gasteiger partial charge is 0.0579 e. The van der Waals surface area contributed by atoms with Gasteiger partial charge in [-0.25, -0.2) is 0 Å². The van der Waals surface area contributed by atoms with Gasteiger partial charge in [-0.15, -0.1) is 0 Å². The highest BCUT2D eigenvalue weighted by molar-refractivity contribution is 5.14. The molecule has 88 valence electrons. The minimum Gasteiger partial charge on any atom is -0.396 e. The lowest BCUT2D eigenvalue weighted by Crippen LogP contribution is -2.52. The molecule has 0 atom stereocenters. The average molecular weight is 221 g/mol. The van der Waals surface area contributed by atoms with Gasteiger partial charge in [-0.2, -0.15) is 0 Å². The summed E-state index contributed by atoms with van der Waals surface area (Å²) >= 11 is 0. The standard InChI is InChI=1S/C13H19NO2/c1-14(7-12-5-3-2-4-6-12)8-13(9-15)10-16-11-13/h2-6,15H,7-11H2,1H3. The maximum atomic E-state index is 9.34. The van der Waals surface area contributed by atoms with Crippen LogP contribution in [0.3, 0.4) is 0 Å². The summed E-state index contributed by atoms with van der Waals surface area (Å²) in [6.45, 7) is 3.39. The van der Waals surface area contributed by atoms with Crippen LogP contribution in [0.4, 0.5) is 0 Å². The maximum absolute atomic E-state index is 9.34. The second-order valence-electron chi connectivity index (χ2n) is 4.81. The predicted octanol–water partition coefficient (Wildman–Crippen LogP) is 1.13. The topological polar surface area (TPSA) is 32.7 Å². The zero-order chi connectivity index (χ0) is 11.4. The molecule has 2 rings (SSSR count). The maximum Gasteiger partial charge on any atom is 0.0579 e. The monoisotopic (exact) mass is 221 g/mol. The van der Waals surface area contributed by atoms with Crippen LogP contribution in [0.5, 0.6) is 0 Å². The first-order valence-electron chi connectivity index (χ1n) is 5.65. The lowest BCUT2D eigenvalue weighted by atomic mass is 9.86. The number of aliphatic hydroxyl groups is 1. The van der Waals surface area contributed by atoms with Crippen molar-refractivity contribution >= 4 is 0 Å². The molecule has 1 aliphatic rings. The van der Waals surface area contributed by atoms with Gasteiger partial charge in [0.1, 0.15) is 0 Å². The van der Waals surface area contributed by atoms with Crippen LogP contribution in [-0.2, 0) is 11.3 Å². The number of rotatable bonds is 5. The van der Waals surface area contributed by atoms with E-state index in [1.807, 2.05) is 6.07 Å². The quantitative estimate of drug-likeness (QED) is 0.809. The van der Waals surface area contributed by atoms with Crippen molar-refractivity contribution in [2.45, 2.75) is 6.54 Å². The fourth-order valence-corrected chi connectivity index (χ4v) is 2.15. The number of hydrogen-bond acceptors (Lipinski definition) is 3. The Bertz CT molecular complexity index is 316. The Balaban J connectivity index is 1.87. The van der Waals surface area contributed by atoms with Crippen LogP contribution in [0, 0.1) is 5.41 Å². The van der Waals surface area contributed by atoms with Gasteiger partial charge in [-0.1, -0.05) is 30.3 Å². The zero-order valence-electron chi connectivity index (χ0n) is 9.72. The number of nitrogens with zero attached hydrogens (tertiary/aromatic N) is 1. The molecule has 16 heavy (non-hydrogen) atoms. The molecule has 0 unspecified atom stereocenters. The molecule has 0 radical (unpaired) electrons. The molecule has 3 heteroatoms.